The molecule has 0 atom stereocenters. The van der Waals surface area contributed by atoms with Crippen LogP contribution in [0.3, 0.4) is 0 Å². The van der Waals surface area contributed by atoms with E-state index in [9.17, 15) is 0 Å². The Kier molecular flexibility index (Phi) is 91.0. The standard InChI is InChI=1S/3C2H2O4.2Eu.2Gd.2Y/c3*3-1(4)2(5)6;;;;;;/h3*(H,3,4)(H,5,6);;;;;;/q;;;2*+3;;;;/p-6. The van der Waals surface area contributed by atoms with E-state index in [-0.39, 0.29) is 244 Å². The topological polar surface area (TPSA) is 241 Å². The zero-order valence-electron chi connectivity index (χ0n) is 10.5. The molecule has 24 heavy (non-hydrogen) atoms. The minimum Gasteiger partial charge on any atom is -0.543 e. The molecule has 0 spiro atoms. The molecule has 0 fully saturated rings. The Balaban J connectivity index is -0.0000000179. The van der Waals surface area contributed by atoms with E-state index < -0.39 is 35.8 Å². The smallest absolute Gasteiger partial charge is 0.543 e. The largest absolute Gasteiger partial charge is 3.00 e. The molecule has 0 aliphatic heterocycles. The Bertz CT molecular complexity index is 301. The van der Waals surface area contributed by atoms with E-state index >= 15 is 0 Å². The Labute approximate surface area is 330 Å². The number of carbonyl (C=O) groups is 6. The van der Waals surface area contributed by atoms with Crippen molar-refractivity contribution in [3.63, 3.8) is 0 Å². The van der Waals surface area contributed by atoms with Crippen LogP contribution in [0.1, 0.15) is 0 Å². The summed E-state index contributed by atoms with van der Waals surface area (Å²) in [6.45, 7) is 0. The third kappa shape index (κ3) is 63.2. The molecule has 0 heterocycles. The molecule has 0 aliphatic rings. The van der Waals surface area contributed by atoms with Gasteiger partial charge in [-0.15, -0.1) is 0 Å². The molecule has 132 valence electrons. The molecule has 0 aromatic rings. The number of rotatable bonds is 0. The van der Waals surface area contributed by atoms with Crippen LogP contribution in [-0.2, 0) is 94.2 Å². The monoisotopic (exact) mass is 1060 g/mol. The number of hydrogen-bond donors (Lipinski definition) is 0. The maximum atomic E-state index is 8.93. The Morgan fingerprint density at radius 1 is 0.375 bits per heavy atom. The van der Waals surface area contributed by atoms with Crippen molar-refractivity contribution in [2.75, 3.05) is 0 Å². The SMILES string of the molecule is O=C([O-])C(=O)[O-].O=C([O-])C(=O)[O-].O=C([O-])C(=O)[O-].[Eu+3].[Eu+3].[Gd].[Gd].[Y].[Y]. The van der Waals surface area contributed by atoms with Crippen molar-refractivity contribution < 1.29 is 303 Å². The second-order valence-corrected chi connectivity index (χ2v) is 1.72. The predicted molar refractivity (Wildman–Crippen MR) is 30.0 cm³/mol. The van der Waals surface area contributed by atoms with Crippen molar-refractivity contribution in [1.82, 2.24) is 0 Å². The van der Waals surface area contributed by atoms with Gasteiger partial charge in [0.15, 0.2) is 0 Å². The van der Waals surface area contributed by atoms with E-state index in [4.69, 9.17) is 59.4 Å². The summed E-state index contributed by atoms with van der Waals surface area (Å²) >= 11 is 0. The van der Waals surface area contributed by atoms with E-state index in [1.54, 1.807) is 0 Å². The van der Waals surface area contributed by atoms with Crippen molar-refractivity contribution in [3.8, 4) is 0 Å². The maximum Gasteiger partial charge on any atom is 3.00 e. The molecule has 0 N–H and O–H groups in total. The zero-order valence-corrected chi connectivity index (χ0v) is 25.6. The Morgan fingerprint density at radius 2 is 0.417 bits per heavy atom. The van der Waals surface area contributed by atoms with Gasteiger partial charge in [-0.2, -0.15) is 0 Å². The van der Waals surface area contributed by atoms with Gasteiger partial charge in [-0.25, -0.2) is 0 Å². The fourth-order valence-electron chi connectivity index (χ4n) is 0. The summed E-state index contributed by atoms with van der Waals surface area (Å²) in [5.41, 5.74) is 0. The molecule has 0 unspecified atom stereocenters. The molecule has 0 saturated heterocycles. The Morgan fingerprint density at radius 3 is 0.417 bits per heavy atom. The summed E-state index contributed by atoms with van der Waals surface area (Å²) in [5.74, 6) is -13.1. The first kappa shape index (κ1) is 56.8. The van der Waals surface area contributed by atoms with Crippen LogP contribution >= 0.6 is 0 Å². The van der Waals surface area contributed by atoms with Crippen LogP contribution in [0, 0.1) is 179 Å². The van der Waals surface area contributed by atoms with Gasteiger partial charge in [0.25, 0.3) is 0 Å². The van der Waals surface area contributed by atoms with Crippen LogP contribution in [-0.4, -0.2) is 35.8 Å². The first-order valence-electron chi connectivity index (χ1n) is 3.20. The van der Waals surface area contributed by atoms with E-state index in [0.29, 0.717) is 0 Å². The Hall–Kier alpha value is 4.85. The van der Waals surface area contributed by atoms with Crippen molar-refractivity contribution in [2.24, 2.45) is 0 Å². The maximum absolute atomic E-state index is 8.93. The number of hydrogen-bond acceptors (Lipinski definition) is 12. The fourth-order valence-corrected chi connectivity index (χ4v) is 0. The van der Waals surface area contributed by atoms with E-state index in [2.05, 4.69) is 0 Å². The molecule has 0 aromatic carbocycles. The minimum absolute atomic E-state index is 0. The summed E-state index contributed by atoms with van der Waals surface area (Å²) < 4.78 is 0. The normalized spacial score (nSPS) is 5.50. The van der Waals surface area contributed by atoms with Crippen LogP contribution < -0.4 is 30.6 Å². The number of aliphatic carboxylic acids is 6. The van der Waals surface area contributed by atoms with Crippen molar-refractivity contribution >= 4 is 35.8 Å². The molecule has 0 amide bonds. The van der Waals surface area contributed by atoms with Gasteiger partial charge in [0.1, 0.15) is 0 Å². The summed E-state index contributed by atoms with van der Waals surface area (Å²) in [6.07, 6.45) is 0. The third-order valence-corrected chi connectivity index (χ3v) is 0.500. The quantitative estimate of drug-likeness (QED) is 0.206. The summed E-state index contributed by atoms with van der Waals surface area (Å²) in [7, 11) is 0. The van der Waals surface area contributed by atoms with Crippen LogP contribution in [0.2, 0.25) is 0 Å². The van der Waals surface area contributed by atoms with Crippen molar-refractivity contribution in [1.29, 1.82) is 0 Å². The van der Waals surface area contributed by atoms with E-state index in [1.807, 2.05) is 0 Å². The number of carboxylic acid groups (broad SMARTS) is 6. The number of carbonyl (C=O) groups excluding carboxylic acids is 6. The summed E-state index contributed by atoms with van der Waals surface area (Å²) in [4.78, 5) is 53.6. The van der Waals surface area contributed by atoms with Crippen molar-refractivity contribution in [3.05, 3.63) is 0 Å². The van der Waals surface area contributed by atoms with Gasteiger partial charge < -0.3 is 59.4 Å². The zero-order chi connectivity index (χ0) is 15.5. The van der Waals surface area contributed by atoms with Gasteiger partial charge in [0, 0.05) is 145 Å². The molecule has 0 saturated carbocycles. The molecule has 0 rings (SSSR count). The van der Waals surface area contributed by atoms with E-state index in [1.165, 1.54) is 0 Å². The van der Waals surface area contributed by atoms with Crippen LogP contribution in [0.15, 0.2) is 0 Å². The molecule has 0 bridgehead atoms. The second kappa shape index (κ2) is 38.5. The van der Waals surface area contributed by atoms with Crippen LogP contribution in [0.25, 0.3) is 0 Å². The molecule has 18 heteroatoms. The average molecular weight is 1060 g/mol. The van der Waals surface area contributed by atoms with Gasteiger partial charge in [0.2, 0.25) is 0 Å². The molecular weight excluding hydrogens is 1060 g/mol. The summed E-state index contributed by atoms with van der Waals surface area (Å²) in [5, 5.41) is 53.6. The molecular formula is C6Eu2Gd2O12Y2. The third-order valence-electron chi connectivity index (χ3n) is 0.500. The van der Waals surface area contributed by atoms with Gasteiger partial charge >= 0.3 is 98.8 Å². The first-order chi connectivity index (χ1) is 7.93. The predicted octanol–water partition coefficient (Wildman–Crippen LogP) is -10.5. The van der Waals surface area contributed by atoms with Gasteiger partial charge in [0.05, 0.1) is 35.8 Å². The average Bonchev–Trinajstić information content (AvgIpc) is 2.18. The van der Waals surface area contributed by atoms with Crippen molar-refractivity contribution in [2.45, 2.75) is 0 Å². The van der Waals surface area contributed by atoms with Gasteiger partial charge in [-0.05, 0) is 0 Å². The molecule has 12 nitrogen and oxygen atoms in total. The molecule has 0 aliphatic carbocycles. The molecule has 2 radical (unpaired) electrons. The summed E-state index contributed by atoms with van der Waals surface area (Å²) in [6, 6.07) is 0. The fraction of sp³-hybridized carbons (Fsp3) is 0. The van der Waals surface area contributed by atoms with Crippen LogP contribution in [0.5, 0.6) is 0 Å². The first-order valence-corrected chi connectivity index (χ1v) is 3.20. The van der Waals surface area contributed by atoms with Gasteiger partial charge in [-0.3, -0.25) is 0 Å². The number of carboxylic acids is 6. The van der Waals surface area contributed by atoms with Crippen LogP contribution in [0.4, 0.5) is 0 Å². The van der Waals surface area contributed by atoms with Gasteiger partial charge in [-0.1, -0.05) is 0 Å². The second-order valence-electron chi connectivity index (χ2n) is 1.72. The minimum atomic E-state index is -2.19. The van der Waals surface area contributed by atoms with E-state index in [0.717, 1.165) is 0 Å². The molecule has 0 aromatic heterocycles.